The Hall–Kier alpha value is -0.460. The minimum absolute atomic E-state index is 0.668. The number of nitrogens with zero attached hydrogens (tertiary/aromatic N) is 2. The maximum Gasteiger partial charge on any atom is 0.182 e. The fourth-order valence-corrected chi connectivity index (χ4v) is 2.70. The third-order valence-corrected chi connectivity index (χ3v) is 3.57. The summed E-state index contributed by atoms with van der Waals surface area (Å²) < 4.78 is 1.95. The Bertz CT molecular complexity index is 445. The Morgan fingerprint density at radius 2 is 2.20 bits per heavy atom. The first-order valence-corrected chi connectivity index (χ1v) is 6.65. The van der Waals surface area contributed by atoms with Crippen molar-refractivity contribution in [1.29, 1.82) is 0 Å². The molecule has 0 saturated carbocycles. The SMILES string of the molecule is Brc1cnc(CNc2nccs2)c(Br)c1. The lowest BCUT2D eigenvalue weighted by Gasteiger charge is -2.04. The Kier molecular flexibility index (Phi) is 3.71. The highest BCUT2D eigenvalue weighted by atomic mass is 79.9. The molecule has 0 spiro atoms. The summed E-state index contributed by atoms with van der Waals surface area (Å²) in [5, 5.41) is 6.05. The molecule has 2 aromatic heterocycles. The molecule has 2 aromatic rings. The maximum absolute atomic E-state index is 4.30. The van der Waals surface area contributed by atoms with Crippen LogP contribution in [0, 0.1) is 0 Å². The van der Waals surface area contributed by atoms with Crippen LogP contribution in [-0.2, 0) is 6.54 Å². The topological polar surface area (TPSA) is 37.8 Å². The number of aromatic nitrogens is 2. The number of thiazole rings is 1. The van der Waals surface area contributed by atoms with Crippen molar-refractivity contribution in [2.45, 2.75) is 6.54 Å². The average Bonchev–Trinajstić information content (AvgIpc) is 2.69. The van der Waals surface area contributed by atoms with Crippen LogP contribution >= 0.6 is 43.2 Å². The number of rotatable bonds is 3. The van der Waals surface area contributed by atoms with E-state index in [4.69, 9.17) is 0 Å². The van der Waals surface area contributed by atoms with Crippen molar-refractivity contribution in [3.05, 3.63) is 38.5 Å². The largest absolute Gasteiger partial charge is 0.356 e. The van der Waals surface area contributed by atoms with E-state index in [9.17, 15) is 0 Å². The van der Waals surface area contributed by atoms with Crippen LogP contribution in [-0.4, -0.2) is 9.97 Å². The maximum atomic E-state index is 4.30. The summed E-state index contributed by atoms with van der Waals surface area (Å²) in [6.45, 7) is 0.668. The summed E-state index contributed by atoms with van der Waals surface area (Å²) in [5.74, 6) is 0. The number of hydrogen-bond donors (Lipinski definition) is 1. The van der Waals surface area contributed by atoms with Crippen LogP contribution < -0.4 is 5.32 Å². The number of halogens is 2. The Balaban J connectivity index is 2.05. The molecule has 0 amide bonds. The molecule has 6 heteroatoms. The van der Waals surface area contributed by atoms with Crippen molar-refractivity contribution in [3.8, 4) is 0 Å². The average molecular weight is 349 g/mol. The van der Waals surface area contributed by atoms with Crippen molar-refractivity contribution in [1.82, 2.24) is 9.97 Å². The van der Waals surface area contributed by atoms with Crippen LogP contribution in [0.25, 0.3) is 0 Å². The van der Waals surface area contributed by atoms with E-state index in [2.05, 4.69) is 47.1 Å². The van der Waals surface area contributed by atoms with Gasteiger partial charge in [0.25, 0.3) is 0 Å². The Morgan fingerprint density at radius 3 is 2.87 bits per heavy atom. The second-order valence-electron chi connectivity index (χ2n) is 2.77. The minimum Gasteiger partial charge on any atom is -0.356 e. The lowest BCUT2D eigenvalue weighted by atomic mass is 10.3. The van der Waals surface area contributed by atoms with Gasteiger partial charge in [0.1, 0.15) is 0 Å². The third-order valence-electron chi connectivity index (χ3n) is 1.72. The first-order valence-electron chi connectivity index (χ1n) is 4.19. The van der Waals surface area contributed by atoms with Crippen LogP contribution in [0.15, 0.2) is 32.8 Å². The van der Waals surface area contributed by atoms with Crippen molar-refractivity contribution < 1.29 is 0 Å². The van der Waals surface area contributed by atoms with Crippen LogP contribution in [0.3, 0.4) is 0 Å². The molecule has 2 rings (SSSR count). The lowest BCUT2D eigenvalue weighted by Crippen LogP contribution is -2.01. The molecule has 3 nitrogen and oxygen atoms in total. The van der Waals surface area contributed by atoms with Gasteiger partial charge in [0, 0.05) is 26.7 Å². The van der Waals surface area contributed by atoms with E-state index in [1.54, 1.807) is 23.7 Å². The van der Waals surface area contributed by atoms with Crippen LogP contribution in [0.5, 0.6) is 0 Å². The normalized spacial score (nSPS) is 10.3. The first-order chi connectivity index (χ1) is 7.25. The minimum atomic E-state index is 0.668. The molecule has 0 bridgehead atoms. The lowest BCUT2D eigenvalue weighted by molar-refractivity contribution is 1.02. The second-order valence-corrected chi connectivity index (χ2v) is 5.44. The molecule has 78 valence electrons. The van der Waals surface area contributed by atoms with E-state index < -0.39 is 0 Å². The standard InChI is InChI=1S/C9H7Br2N3S/c10-6-3-7(11)8(13-4-6)5-14-9-12-1-2-15-9/h1-4H,5H2,(H,12,14). The second kappa shape index (κ2) is 5.05. The van der Waals surface area contributed by atoms with E-state index in [1.807, 2.05) is 11.4 Å². The molecule has 0 atom stereocenters. The molecule has 0 aromatic carbocycles. The molecule has 0 aliphatic carbocycles. The predicted octanol–water partition coefficient (Wildman–Crippen LogP) is 3.68. The van der Waals surface area contributed by atoms with E-state index in [-0.39, 0.29) is 0 Å². The zero-order valence-corrected chi connectivity index (χ0v) is 11.6. The zero-order valence-electron chi connectivity index (χ0n) is 7.58. The molecule has 0 radical (unpaired) electrons. The summed E-state index contributed by atoms with van der Waals surface area (Å²) in [5.41, 5.74) is 0.966. The van der Waals surface area contributed by atoms with Gasteiger partial charge in [-0.15, -0.1) is 11.3 Å². The molecular formula is C9H7Br2N3S. The van der Waals surface area contributed by atoms with Gasteiger partial charge in [-0.2, -0.15) is 0 Å². The summed E-state index contributed by atoms with van der Waals surface area (Å²) in [6.07, 6.45) is 3.56. The summed E-state index contributed by atoms with van der Waals surface area (Å²) >= 11 is 8.40. The highest BCUT2D eigenvalue weighted by Crippen LogP contribution is 2.20. The van der Waals surface area contributed by atoms with Crippen LogP contribution in [0.2, 0.25) is 0 Å². The van der Waals surface area contributed by atoms with Crippen molar-refractivity contribution >= 4 is 48.3 Å². The number of hydrogen-bond acceptors (Lipinski definition) is 4. The van der Waals surface area contributed by atoms with Gasteiger partial charge in [-0.05, 0) is 37.9 Å². The highest BCUT2D eigenvalue weighted by molar-refractivity contribution is 9.11. The van der Waals surface area contributed by atoms with Gasteiger partial charge < -0.3 is 5.32 Å². The molecule has 1 N–H and O–H groups in total. The number of pyridine rings is 1. The van der Waals surface area contributed by atoms with Gasteiger partial charge in [-0.25, -0.2) is 4.98 Å². The molecule has 0 aliphatic rings. The van der Waals surface area contributed by atoms with Crippen molar-refractivity contribution in [2.24, 2.45) is 0 Å². The summed E-state index contributed by atoms with van der Waals surface area (Å²) in [7, 11) is 0. The molecule has 0 fully saturated rings. The van der Waals surface area contributed by atoms with Gasteiger partial charge in [0.15, 0.2) is 5.13 Å². The zero-order chi connectivity index (χ0) is 10.7. The number of anilines is 1. The van der Waals surface area contributed by atoms with Gasteiger partial charge >= 0.3 is 0 Å². The quantitative estimate of drug-likeness (QED) is 0.919. The Morgan fingerprint density at radius 1 is 1.33 bits per heavy atom. The van der Waals surface area contributed by atoms with Crippen LogP contribution in [0.4, 0.5) is 5.13 Å². The van der Waals surface area contributed by atoms with E-state index >= 15 is 0 Å². The van der Waals surface area contributed by atoms with Gasteiger partial charge in [0.05, 0.1) is 12.2 Å². The fourth-order valence-electron chi connectivity index (χ4n) is 1.04. The first kappa shape index (κ1) is 11.0. The van der Waals surface area contributed by atoms with Crippen molar-refractivity contribution in [3.63, 3.8) is 0 Å². The monoisotopic (exact) mass is 347 g/mol. The smallest absolute Gasteiger partial charge is 0.182 e. The molecular weight excluding hydrogens is 342 g/mol. The van der Waals surface area contributed by atoms with E-state index in [0.717, 1.165) is 19.8 Å². The van der Waals surface area contributed by atoms with Crippen molar-refractivity contribution in [2.75, 3.05) is 5.32 Å². The highest BCUT2D eigenvalue weighted by Gasteiger charge is 2.02. The van der Waals surface area contributed by atoms with E-state index in [1.165, 1.54) is 0 Å². The van der Waals surface area contributed by atoms with Crippen LogP contribution in [0.1, 0.15) is 5.69 Å². The molecule has 15 heavy (non-hydrogen) atoms. The van der Waals surface area contributed by atoms with Gasteiger partial charge in [-0.3, -0.25) is 4.98 Å². The van der Waals surface area contributed by atoms with Gasteiger partial charge in [-0.1, -0.05) is 0 Å². The molecule has 0 unspecified atom stereocenters. The third kappa shape index (κ3) is 2.99. The summed E-state index contributed by atoms with van der Waals surface area (Å²) in [6, 6.07) is 1.98. The predicted molar refractivity (Wildman–Crippen MR) is 69.1 cm³/mol. The number of nitrogens with one attached hydrogen (secondary N) is 1. The fraction of sp³-hybridized carbons (Fsp3) is 0.111. The van der Waals surface area contributed by atoms with Gasteiger partial charge in [0.2, 0.25) is 0 Å². The summed E-state index contributed by atoms with van der Waals surface area (Å²) in [4.78, 5) is 8.43. The Labute approximate surface area is 108 Å². The molecule has 0 saturated heterocycles. The molecule has 2 heterocycles. The van der Waals surface area contributed by atoms with E-state index in [0.29, 0.717) is 6.54 Å². The molecule has 0 aliphatic heterocycles.